The van der Waals surface area contributed by atoms with Gasteiger partial charge in [-0.3, -0.25) is 14.9 Å². The summed E-state index contributed by atoms with van der Waals surface area (Å²) in [6, 6.07) is 2.35. The average Bonchev–Trinajstić information content (AvgIpc) is 2.83. The number of carboxylic acid groups (broad SMARTS) is 1. The number of nitrogens with zero attached hydrogens (tertiary/aromatic N) is 2. The molecule has 2 heterocycles. The number of carbonyl (C=O) groups is 1. The fourth-order valence-electron chi connectivity index (χ4n) is 1.55. The van der Waals surface area contributed by atoms with Crippen molar-refractivity contribution >= 4 is 27.6 Å². The van der Waals surface area contributed by atoms with E-state index in [1.165, 1.54) is 6.07 Å². The van der Waals surface area contributed by atoms with Gasteiger partial charge in [-0.2, -0.15) is 0 Å². The van der Waals surface area contributed by atoms with Crippen molar-refractivity contribution in [2.45, 2.75) is 6.54 Å². The molecule has 0 fully saturated rings. The Morgan fingerprint density at radius 1 is 1.50 bits per heavy atom. The van der Waals surface area contributed by atoms with Crippen LogP contribution < -0.4 is 5.56 Å². The second-order valence-electron chi connectivity index (χ2n) is 3.84. The van der Waals surface area contributed by atoms with Crippen molar-refractivity contribution in [2.24, 2.45) is 0 Å². The molecule has 0 unspecified atom stereocenters. The molecular formula is C11H7BrN2O6. The Morgan fingerprint density at radius 2 is 2.20 bits per heavy atom. The molecule has 0 spiro atoms. The summed E-state index contributed by atoms with van der Waals surface area (Å²) >= 11 is 2.94. The molecule has 0 aromatic carbocycles. The van der Waals surface area contributed by atoms with Gasteiger partial charge in [0, 0.05) is 6.07 Å². The van der Waals surface area contributed by atoms with Crippen LogP contribution in [-0.2, 0) is 6.54 Å². The van der Waals surface area contributed by atoms with E-state index in [4.69, 9.17) is 9.52 Å². The summed E-state index contributed by atoms with van der Waals surface area (Å²) in [5.74, 6) is -0.954. The zero-order chi connectivity index (χ0) is 14.9. The van der Waals surface area contributed by atoms with E-state index in [1.807, 2.05) is 0 Å². The van der Waals surface area contributed by atoms with Gasteiger partial charge in [0.15, 0.2) is 0 Å². The minimum absolute atomic E-state index is 0.0386. The normalized spacial score (nSPS) is 10.4. The first-order valence-corrected chi connectivity index (χ1v) is 6.03. The molecule has 0 aliphatic rings. The van der Waals surface area contributed by atoms with Crippen molar-refractivity contribution in [3.8, 4) is 0 Å². The van der Waals surface area contributed by atoms with Crippen molar-refractivity contribution in [1.29, 1.82) is 0 Å². The molecule has 104 valence electrons. The molecular weight excluding hydrogens is 336 g/mol. The van der Waals surface area contributed by atoms with Crippen molar-refractivity contribution in [2.75, 3.05) is 0 Å². The van der Waals surface area contributed by atoms with Gasteiger partial charge in [0.2, 0.25) is 0 Å². The summed E-state index contributed by atoms with van der Waals surface area (Å²) in [4.78, 5) is 32.6. The zero-order valence-electron chi connectivity index (χ0n) is 9.78. The molecule has 2 rings (SSSR count). The summed E-state index contributed by atoms with van der Waals surface area (Å²) < 4.78 is 6.10. The largest absolute Gasteiger partial charge is 0.478 e. The van der Waals surface area contributed by atoms with Crippen molar-refractivity contribution in [3.63, 3.8) is 0 Å². The van der Waals surface area contributed by atoms with Gasteiger partial charge in [-0.1, -0.05) is 0 Å². The molecule has 0 saturated carbocycles. The molecule has 2 aromatic heterocycles. The monoisotopic (exact) mass is 342 g/mol. The summed E-state index contributed by atoms with van der Waals surface area (Å²) in [5, 5.41) is 19.5. The molecule has 0 amide bonds. The molecule has 8 nitrogen and oxygen atoms in total. The van der Waals surface area contributed by atoms with Gasteiger partial charge in [-0.15, -0.1) is 0 Å². The van der Waals surface area contributed by atoms with Gasteiger partial charge in [0.05, 0.1) is 27.7 Å². The highest BCUT2D eigenvalue weighted by Crippen LogP contribution is 2.16. The molecule has 0 bridgehead atoms. The van der Waals surface area contributed by atoms with E-state index in [0.717, 1.165) is 23.1 Å². The minimum Gasteiger partial charge on any atom is -0.478 e. The summed E-state index contributed by atoms with van der Waals surface area (Å²) in [5.41, 5.74) is -0.803. The lowest BCUT2D eigenvalue weighted by Crippen LogP contribution is -2.21. The van der Waals surface area contributed by atoms with Crippen molar-refractivity contribution < 1.29 is 19.2 Å². The molecule has 0 saturated heterocycles. The molecule has 0 atom stereocenters. The van der Waals surface area contributed by atoms with Crippen molar-refractivity contribution in [3.05, 3.63) is 60.9 Å². The fraction of sp³-hybridized carbons (Fsp3) is 0.0909. The third kappa shape index (κ3) is 2.77. The topological polar surface area (TPSA) is 116 Å². The van der Waals surface area contributed by atoms with Crippen LogP contribution in [0, 0.1) is 10.1 Å². The highest BCUT2D eigenvalue weighted by Gasteiger charge is 2.14. The second kappa shape index (κ2) is 5.29. The van der Waals surface area contributed by atoms with Crippen LogP contribution in [-0.4, -0.2) is 20.6 Å². The average molecular weight is 343 g/mol. The number of aromatic carboxylic acids is 1. The lowest BCUT2D eigenvalue weighted by Gasteiger charge is -2.03. The van der Waals surface area contributed by atoms with Gasteiger partial charge in [-0.25, -0.2) is 4.79 Å². The summed E-state index contributed by atoms with van der Waals surface area (Å²) in [6.45, 7) is -0.105. The van der Waals surface area contributed by atoms with Crippen LogP contribution in [0.4, 0.5) is 5.69 Å². The minimum atomic E-state index is -1.16. The predicted molar refractivity (Wildman–Crippen MR) is 69.8 cm³/mol. The van der Waals surface area contributed by atoms with Gasteiger partial charge in [0.25, 0.3) is 11.2 Å². The number of carboxylic acids is 1. The third-order valence-electron chi connectivity index (χ3n) is 2.47. The molecule has 2 aromatic rings. The van der Waals surface area contributed by atoms with Gasteiger partial charge in [0.1, 0.15) is 12.0 Å². The number of hydrogen-bond donors (Lipinski definition) is 1. The maximum absolute atomic E-state index is 11.8. The Balaban J connectivity index is 2.39. The lowest BCUT2D eigenvalue weighted by atomic mass is 10.3. The van der Waals surface area contributed by atoms with E-state index in [9.17, 15) is 19.7 Å². The Morgan fingerprint density at radius 3 is 2.75 bits per heavy atom. The molecule has 0 radical (unpaired) electrons. The van der Waals surface area contributed by atoms with Crippen LogP contribution in [0.1, 0.15) is 16.1 Å². The lowest BCUT2D eigenvalue weighted by molar-refractivity contribution is -0.385. The smallest absolute Gasteiger partial charge is 0.338 e. The maximum atomic E-state index is 11.8. The van der Waals surface area contributed by atoms with E-state index in [2.05, 4.69) is 15.9 Å². The van der Waals surface area contributed by atoms with E-state index >= 15 is 0 Å². The number of pyridine rings is 1. The summed E-state index contributed by atoms with van der Waals surface area (Å²) in [6.07, 6.45) is 2.10. The Hall–Kier alpha value is -2.42. The van der Waals surface area contributed by atoms with E-state index in [-0.39, 0.29) is 28.0 Å². The van der Waals surface area contributed by atoms with Gasteiger partial charge >= 0.3 is 5.97 Å². The first kappa shape index (κ1) is 14.0. The molecule has 0 aliphatic carbocycles. The summed E-state index contributed by atoms with van der Waals surface area (Å²) in [7, 11) is 0. The first-order valence-electron chi connectivity index (χ1n) is 5.23. The SMILES string of the molecule is O=C(O)c1coc(Cn2cc([N+](=O)[O-])cc(Br)c2=O)c1. The van der Waals surface area contributed by atoms with Crippen LogP contribution in [0.5, 0.6) is 0 Å². The van der Waals surface area contributed by atoms with E-state index < -0.39 is 16.5 Å². The number of aromatic nitrogens is 1. The molecule has 9 heteroatoms. The quantitative estimate of drug-likeness (QED) is 0.669. The Bertz CT molecular complexity index is 748. The molecule has 20 heavy (non-hydrogen) atoms. The Kier molecular flexibility index (Phi) is 3.70. The van der Waals surface area contributed by atoms with Crippen LogP contribution in [0.3, 0.4) is 0 Å². The van der Waals surface area contributed by atoms with Crippen LogP contribution >= 0.6 is 15.9 Å². The van der Waals surface area contributed by atoms with Gasteiger partial charge < -0.3 is 14.1 Å². The van der Waals surface area contributed by atoms with Crippen LogP contribution in [0.25, 0.3) is 0 Å². The zero-order valence-corrected chi connectivity index (χ0v) is 11.4. The highest BCUT2D eigenvalue weighted by molar-refractivity contribution is 9.10. The predicted octanol–water partition coefficient (Wildman–Crippen LogP) is 1.86. The van der Waals surface area contributed by atoms with E-state index in [0.29, 0.717) is 0 Å². The van der Waals surface area contributed by atoms with Crippen LogP contribution in [0.15, 0.2) is 38.3 Å². The molecule has 0 aliphatic heterocycles. The Labute approximate surface area is 119 Å². The first-order chi connectivity index (χ1) is 9.38. The molecule has 1 N–H and O–H groups in total. The second-order valence-corrected chi connectivity index (χ2v) is 4.70. The number of nitro groups is 1. The number of rotatable bonds is 4. The van der Waals surface area contributed by atoms with Gasteiger partial charge in [-0.05, 0) is 22.0 Å². The highest BCUT2D eigenvalue weighted by atomic mass is 79.9. The standard InChI is InChI=1S/C11H7BrN2O6/c12-9-2-7(14(18)19)3-13(10(9)15)4-8-1-6(5-20-8)11(16)17/h1-3,5H,4H2,(H,16,17). The number of halogens is 1. The number of furan rings is 1. The number of hydrogen-bond acceptors (Lipinski definition) is 5. The fourth-order valence-corrected chi connectivity index (χ4v) is 2.01. The van der Waals surface area contributed by atoms with Crippen LogP contribution in [0.2, 0.25) is 0 Å². The maximum Gasteiger partial charge on any atom is 0.338 e. The van der Waals surface area contributed by atoms with Crippen molar-refractivity contribution in [1.82, 2.24) is 4.57 Å². The third-order valence-corrected chi connectivity index (χ3v) is 3.03. The van der Waals surface area contributed by atoms with E-state index in [1.54, 1.807) is 0 Å².